The second kappa shape index (κ2) is 5.38. The first-order valence-electron chi connectivity index (χ1n) is 8.39. The minimum atomic E-state index is 0.459. The molecule has 2 aliphatic rings. The van der Waals surface area contributed by atoms with Crippen LogP contribution >= 0.6 is 0 Å². The molecule has 0 unspecified atom stereocenters. The first kappa shape index (κ1) is 13.7. The van der Waals surface area contributed by atoms with Crippen molar-refractivity contribution < 1.29 is 0 Å². The second-order valence-corrected chi connectivity index (χ2v) is 6.74. The maximum absolute atomic E-state index is 4.85. The van der Waals surface area contributed by atoms with Gasteiger partial charge < -0.3 is 4.90 Å². The van der Waals surface area contributed by atoms with Crippen molar-refractivity contribution in [2.45, 2.75) is 51.5 Å². The Labute approximate surface area is 132 Å². The molecule has 4 rings (SSSR count). The first-order valence-corrected chi connectivity index (χ1v) is 8.39. The van der Waals surface area contributed by atoms with Gasteiger partial charge in [-0.05, 0) is 62.3 Å². The Hall–Kier alpha value is -1.90. The zero-order valence-corrected chi connectivity index (χ0v) is 13.4. The predicted octanol–water partition coefficient (Wildman–Crippen LogP) is 4.31. The zero-order valence-electron chi connectivity index (χ0n) is 13.4. The van der Waals surface area contributed by atoms with Crippen molar-refractivity contribution in [3.63, 3.8) is 0 Å². The van der Waals surface area contributed by atoms with E-state index in [1.165, 1.54) is 42.4 Å². The van der Waals surface area contributed by atoms with Gasteiger partial charge in [0.25, 0.3) is 0 Å². The number of anilines is 1. The Kier molecular flexibility index (Phi) is 3.36. The van der Waals surface area contributed by atoms with Gasteiger partial charge in [0.1, 0.15) is 11.6 Å². The summed E-state index contributed by atoms with van der Waals surface area (Å²) in [5.41, 5.74) is 4.17. The number of hydrogen-bond acceptors (Lipinski definition) is 3. The van der Waals surface area contributed by atoms with Gasteiger partial charge >= 0.3 is 0 Å². The van der Waals surface area contributed by atoms with Crippen LogP contribution in [-0.2, 0) is 0 Å². The molecule has 1 atom stereocenters. The minimum absolute atomic E-state index is 0.459. The van der Waals surface area contributed by atoms with Crippen molar-refractivity contribution in [1.82, 2.24) is 9.97 Å². The normalized spacial score (nSPS) is 21.4. The molecule has 0 bridgehead atoms. The fraction of sp³-hybridized carbons (Fsp3) is 0.474. The van der Waals surface area contributed by atoms with Crippen LogP contribution in [0.3, 0.4) is 0 Å². The zero-order chi connectivity index (χ0) is 15.1. The maximum atomic E-state index is 4.85. The van der Waals surface area contributed by atoms with Gasteiger partial charge in [0.2, 0.25) is 0 Å². The molecular formula is C19H23N3. The number of hydrogen-bond donors (Lipinski definition) is 0. The van der Waals surface area contributed by atoms with Crippen molar-refractivity contribution in [2.75, 3.05) is 11.4 Å². The van der Waals surface area contributed by atoms with Crippen LogP contribution in [0, 0.1) is 13.8 Å². The summed E-state index contributed by atoms with van der Waals surface area (Å²) in [5, 5.41) is 0. The van der Waals surface area contributed by atoms with Gasteiger partial charge in [0.05, 0.1) is 6.04 Å². The first-order chi connectivity index (χ1) is 10.7. The summed E-state index contributed by atoms with van der Waals surface area (Å²) in [5.74, 6) is 2.77. The molecular weight excluding hydrogens is 270 g/mol. The maximum Gasteiger partial charge on any atom is 0.133 e. The van der Waals surface area contributed by atoms with E-state index >= 15 is 0 Å². The molecule has 3 nitrogen and oxygen atoms in total. The summed E-state index contributed by atoms with van der Waals surface area (Å²) in [4.78, 5) is 11.8. The molecule has 0 spiro atoms. The molecule has 1 aromatic heterocycles. The van der Waals surface area contributed by atoms with E-state index in [4.69, 9.17) is 4.98 Å². The average molecular weight is 293 g/mol. The van der Waals surface area contributed by atoms with E-state index in [-0.39, 0.29) is 0 Å². The lowest BCUT2D eigenvalue weighted by Gasteiger charge is -2.26. The molecule has 3 heteroatoms. The molecule has 114 valence electrons. The fourth-order valence-electron chi connectivity index (χ4n) is 3.42. The summed E-state index contributed by atoms with van der Waals surface area (Å²) in [6.45, 7) is 5.48. The molecule has 2 fully saturated rings. The van der Waals surface area contributed by atoms with Gasteiger partial charge in [-0.1, -0.05) is 18.2 Å². The molecule has 0 amide bonds. The Balaban J connectivity index is 1.65. The molecule has 22 heavy (non-hydrogen) atoms. The summed E-state index contributed by atoms with van der Waals surface area (Å²) in [6.07, 6.45) is 6.89. The summed E-state index contributed by atoms with van der Waals surface area (Å²) in [7, 11) is 0. The Morgan fingerprint density at radius 1 is 1.05 bits per heavy atom. The van der Waals surface area contributed by atoms with Crippen LogP contribution in [0.5, 0.6) is 0 Å². The average Bonchev–Trinajstić information content (AvgIpc) is 3.27. The number of benzene rings is 1. The molecule has 1 aliphatic heterocycles. The lowest BCUT2D eigenvalue weighted by atomic mass is 9.99. The van der Waals surface area contributed by atoms with Crippen LogP contribution < -0.4 is 4.90 Å². The predicted molar refractivity (Wildman–Crippen MR) is 89.2 cm³/mol. The van der Waals surface area contributed by atoms with Gasteiger partial charge in [-0.3, -0.25) is 0 Å². The van der Waals surface area contributed by atoms with Gasteiger partial charge in [0.15, 0.2) is 0 Å². The SMILES string of the molecule is Cc1ccc([C@@H]2CCCN2c2ccnc(C3CC3)n2)cc1C. The third-order valence-electron chi connectivity index (χ3n) is 5.06. The molecule has 2 heterocycles. The quantitative estimate of drug-likeness (QED) is 0.844. The molecule has 1 saturated heterocycles. The van der Waals surface area contributed by atoms with Crippen LogP contribution in [0.2, 0.25) is 0 Å². The smallest absolute Gasteiger partial charge is 0.133 e. The summed E-state index contributed by atoms with van der Waals surface area (Å²) < 4.78 is 0. The molecule has 0 radical (unpaired) electrons. The van der Waals surface area contributed by atoms with Crippen molar-refractivity contribution in [3.05, 3.63) is 53.0 Å². The van der Waals surface area contributed by atoms with Crippen LogP contribution in [0.1, 0.15) is 60.2 Å². The van der Waals surface area contributed by atoms with Crippen molar-refractivity contribution in [1.29, 1.82) is 0 Å². The monoisotopic (exact) mass is 293 g/mol. The van der Waals surface area contributed by atoms with Crippen molar-refractivity contribution in [2.24, 2.45) is 0 Å². The number of aryl methyl sites for hydroxylation is 2. The second-order valence-electron chi connectivity index (χ2n) is 6.74. The van der Waals surface area contributed by atoms with Crippen LogP contribution in [0.25, 0.3) is 0 Å². The number of aromatic nitrogens is 2. The van der Waals surface area contributed by atoms with E-state index in [1.807, 2.05) is 6.20 Å². The topological polar surface area (TPSA) is 29.0 Å². The van der Waals surface area contributed by atoms with E-state index < -0.39 is 0 Å². The highest BCUT2D eigenvalue weighted by Gasteiger charge is 2.30. The Bertz CT molecular complexity index is 691. The highest BCUT2D eigenvalue weighted by atomic mass is 15.2. The Morgan fingerprint density at radius 3 is 2.68 bits per heavy atom. The van der Waals surface area contributed by atoms with Gasteiger partial charge in [-0.15, -0.1) is 0 Å². The minimum Gasteiger partial charge on any atom is -0.349 e. The highest BCUT2D eigenvalue weighted by Crippen LogP contribution is 2.40. The molecule has 1 aliphatic carbocycles. The van der Waals surface area contributed by atoms with Crippen LogP contribution in [0.4, 0.5) is 5.82 Å². The van der Waals surface area contributed by atoms with Crippen molar-refractivity contribution in [3.8, 4) is 0 Å². The van der Waals surface area contributed by atoms with E-state index in [9.17, 15) is 0 Å². The third kappa shape index (κ3) is 2.49. The standard InChI is InChI=1S/C19H23N3/c1-13-5-6-16(12-14(13)2)17-4-3-11-22(17)18-9-10-20-19(21-18)15-7-8-15/h5-6,9-10,12,15,17H,3-4,7-8,11H2,1-2H3/t17-/m0/s1. The lowest BCUT2D eigenvalue weighted by molar-refractivity contribution is 0.705. The fourth-order valence-corrected chi connectivity index (χ4v) is 3.42. The van der Waals surface area contributed by atoms with E-state index in [1.54, 1.807) is 0 Å². The Morgan fingerprint density at radius 2 is 1.91 bits per heavy atom. The van der Waals surface area contributed by atoms with E-state index in [0.717, 1.165) is 18.2 Å². The summed E-state index contributed by atoms with van der Waals surface area (Å²) in [6, 6.07) is 9.42. The van der Waals surface area contributed by atoms with E-state index in [0.29, 0.717) is 12.0 Å². The van der Waals surface area contributed by atoms with Gasteiger partial charge in [0, 0.05) is 18.7 Å². The lowest BCUT2D eigenvalue weighted by Crippen LogP contribution is -2.24. The molecule has 0 N–H and O–H groups in total. The van der Waals surface area contributed by atoms with Crippen LogP contribution in [0.15, 0.2) is 30.5 Å². The largest absolute Gasteiger partial charge is 0.349 e. The van der Waals surface area contributed by atoms with Gasteiger partial charge in [-0.25, -0.2) is 9.97 Å². The molecule has 2 aromatic rings. The van der Waals surface area contributed by atoms with Gasteiger partial charge in [-0.2, -0.15) is 0 Å². The third-order valence-corrected chi connectivity index (χ3v) is 5.06. The number of rotatable bonds is 3. The molecule has 1 aromatic carbocycles. The van der Waals surface area contributed by atoms with Crippen molar-refractivity contribution >= 4 is 5.82 Å². The summed E-state index contributed by atoms with van der Waals surface area (Å²) >= 11 is 0. The van der Waals surface area contributed by atoms with E-state index in [2.05, 4.69) is 48.0 Å². The van der Waals surface area contributed by atoms with Crippen LogP contribution in [-0.4, -0.2) is 16.5 Å². The number of nitrogens with zero attached hydrogens (tertiary/aromatic N) is 3. The molecule has 1 saturated carbocycles. The highest BCUT2D eigenvalue weighted by molar-refractivity contribution is 5.45.